The molecule has 0 fully saturated rings. The Morgan fingerprint density at radius 2 is 1.93 bits per heavy atom. The fourth-order valence-corrected chi connectivity index (χ4v) is 2.44. The molecule has 1 aromatic rings. The Bertz CT molecular complexity index is 379. The van der Waals surface area contributed by atoms with Crippen LogP contribution in [0.25, 0.3) is 5.57 Å². The van der Waals surface area contributed by atoms with E-state index in [1.54, 1.807) is 7.11 Å². The molecule has 1 unspecified atom stereocenters. The van der Waals surface area contributed by atoms with E-state index in [4.69, 9.17) is 4.74 Å². The van der Waals surface area contributed by atoms with Crippen LogP contribution in [0.4, 0.5) is 0 Å². The van der Waals surface area contributed by atoms with E-state index in [9.17, 15) is 0 Å². The minimum absolute atomic E-state index is 0.115. The van der Waals surface area contributed by atoms with E-state index in [0.717, 1.165) is 0 Å². The fourth-order valence-electron chi connectivity index (χ4n) is 1.61. The highest BCUT2D eigenvalue weighted by Crippen LogP contribution is 2.34. The third kappa shape index (κ3) is 1.77. The van der Waals surface area contributed by atoms with Crippen molar-refractivity contribution in [2.75, 3.05) is 7.11 Å². The monoisotopic (exact) mass is 298 g/mol. The van der Waals surface area contributed by atoms with Gasteiger partial charge in [0.05, 0.1) is 0 Å². The number of hydrogen-bond acceptors (Lipinski definition) is 1. The van der Waals surface area contributed by atoms with Crippen molar-refractivity contribution in [3.63, 3.8) is 0 Å². The number of rotatable bonds is 2. The Kier molecular flexibility index (Phi) is 3.03. The molecular formula is C12H11IO. The van der Waals surface area contributed by atoms with Gasteiger partial charge < -0.3 is 4.74 Å². The van der Waals surface area contributed by atoms with Crippen molar-refractivity contribution in [2.24, 2.45) is 0 Å². The molecule has 0 aliphatic heterocycles. The van der Waals surface area contributed by atoms with Crippen LogP contribution in [0.2, 0.25) is 0 Å². The zero-order valence-corrected chi connectivity index (χ0v) is 10.1. The van der Waals surface area contributed by atoms with Crippen molar-refractivity contribution in [1.82, 2.24) is 0 Å². The van der Waals surface area contributed by atoms with Crippen LogP contribution >= 0.6 is 22.6 Å². The van der Waals surface area contributed by atoms with E-state index in [1.807, 2.05) is 6.07 Å². The van der Waals surface area contributed by atoms with Crippen LogP contribution in [0.3, 0.4) is 0 Å². The smallest absolute Gasteiger partial charge is 0.102 e. The largest absolute Gasteiger partial charge is 0.373 e. The van der Waals surface area contributed by atoms with E-state index in [2.05, 4.69) is 59.0 Å². The number of hydrogen-bond donors (Lipinski definition) is 0. The molecule has 0 bridgehead atoms. The van der Waals surface area contributed by atoms with Crippen LogP contribution < -0.4 is 0 Å². The summed E-state index contributed by atoms with van der Waals surface area (Å²) in [5.41, 5.74) is 2.52. The summed E-state index contributed by atoms with van der Waals surface area (Å²) in [6.07, 6.45) is 4.31. The first-order chi connectivity index (χ1) is 6.83. The number of benzene rings is 1. The lowest BCUT2D eigenvalue weighted by molar-refractivity contribution is 0.186. The molecule has 0 saturated heterocycles. The molecule has 1 aliphatic rings. The summed E-state index contributed by atoms with van der Waals surface area (Å²) in [5, 5.41) is 0. The fraction of sp³-hybridized carbons (Fsp3) is 0.167. The van der Waals surface area contributed by atoms with E-state index < -0.39 is 0 Å². The molecule has 0 N–H and O–H groups in total. The Morgan fingerprint density at radius 1 is 1.21 bits per heavy atom. The molecule has 1 atom stereocenters. The van der Waals surface area contributed by atoms with Crippen LogP contribution in [-0.4, -0.2) is 13.2 Å². The third-order valence-corrected chi connectivity index (χ3v) is 3.24. The lowest BCUT2D eigenvalue weighted by Gasteiger charge is -2.12. The van der Waals surface area contributed by atoms with Gasteiger partial charge in [0.2, 0.25) is 0 Å². The van der Waals surface area contributed by atoms with E-state index in [0.29, 0.717) is 0 Å². The maximum Gasteiger partial charge on any atom is 0.102 e. The summed E-state index contributed by atoms with van der Waals surface area (Å²) in [7, 11) is 1.74. The van der Waals surface area contributed by atoms with Gasteiger partial charge in [0.15, 0.2) is 0 Å². The normalized spacial score (nSPS) is 20.6. The molecule has 1 aromatic carbocycles. The molecule has 2 heteroatoms. The van der Waals surface area contributed by atoms with Crippen molar-refractivity contribution in [1.29, 1.82) is 0 Å². The van der Waals surface area contributed by atoms with Crippen molar-refractivity contribution in [3.05, 3.63) is 51.6 Å². The van der Waals surface area contributed by atoms with Gasteiger partial charge in [-0.05, 0) is 34.2 Å². The Morgan fingerprint density at radius 3 is 2.57 bits per heavy atom. The van der Waals surface area contributed by atoms with Crippen LogP contribution in [0.1, 0.15) is 5.56 Å². The van der Waals surface area contributed by atoms with Crippen molar-refractivity contribution in [3.8, 4) is 0 Å². The van der Waals surface area contributed by atoms with Gasteiger partial charge in [-0.25, -0.2) is 0 Å². The van der Waals surface area contributed by atoms with Crippen LogP contribution in [-0.2, 0) is 4.74 Å². The molecule has 0 spiro atoms. The number of allylic oxidation sites excluding steroid dienone is 2. The van der Waals surface area contributed by atoms with E-state index >= 15 is 0 Å². The minimum atomic E-state index is 0.115. The Labute approximate surface area is 97.6 Å². The molecule has 0 heterocycles. The van der Waals surface area contributed by atoms with Crippen molar-refractivity contribution < 1.29 is 4.74 Å². The van der Waals surface area contributed by atoms with Crippen molar-refractivity contribution >= 4 is 28.2 Å². The highest BCUT2D eigenvalue weighted by molar-refractivity contribution is 14.1. The zero-order chi connectivity index (χ0) is 9.97. The first kappa shape index (κ1) is 9.93. The lowest BCUT2D eigenvalue weighted by atomic mass is 10.0. The predicted molar refractivity (Wildman–Crippen MR) is 67.3 cm³/mol. The number of ether oxygens (including phenoxy) is 1. The molecule has 0 radical (unpaired) electrons. The van der Waals surface area contributed by atoms with Gasteiger partial charge in [-0.1, -0.05) is 36.4 Å². The zero-order valence-electron chi connectivity index (χ0n) is 7.91. The van der Waals surface area contributed by atoms with Gasteiger partial charge in [0, 0.05) is 16.3 Å². The summed E-state index contributed by atoms with van der Waals surface area (Å²) in [6, 6.07) is 10.4. The summed E-state index contributed by atoms with van der Waals surface area (Å²) in [6.45, 7) is 0. The topological polar surface area (TPSA) is 9.23 Å². The van der Waals surface area contributed by atoms with Gasteiger partial charge in [-0.15, -0.1) is 0 Å². The highest BCUT2D eigenvalue weighted by Gasteiger charge is 2.19. The maximum absolute atomic E-state index is 5.40. The van der Waals surface area contributed by atoms with Gasteiger partial charge >= 0.3 is 0 Å². The lowest BCUT2D eigenvalue weighted by Crippen LogP contribution is -2.06. The first-order valence-corrected chi connectivity index (χ1v) is 5.57. The van der Waals surface area contributed by atoms with Crippen molar-refractivity contribution in [2.45, 2.75) is 6.10 Å². The van der Waals surface area contributed by atoms with Gasteiger partial charge in [0.25, 0.3) is 0 Å². The average Bonchev–Trinajstić information content (AvgIpc) is 2.61. The molecule has 2 rings (SSSR count). The molecule has 1 aliphatic carbocycles. The summed E-state index contributed by atoms with van der Waals surface area (Å²) < 4.78 is 6.66. The summed E-state index contributed by atoms with van der Waals surface area (Å²) in [5.74, 6) is 0. The molecule has 0 aromatic heterocycles. The Hall–Kier alpha value is -0.610. The van der Waals surface area contributed by atoms with Crippen LogP contribution in [0.15, 0.2) is 46.1 Å². The van der Waals surface area contributed by atoms with Crippen LogP contribution in [0, 0.1) is 0 Å². The van der Waals surface area contributed by atoms with E-state index in [1.165, 1.54) is 14.7 Å². The van der Waals surface area contributed by atoms with Crippen LogP contribution in [0.5, 0.6) is 0 Å². The van der Waals surface area contributed by atoms with Gasteiger partial charge in [-0.2, -0.15) is 0 Å². The standard InChI is InChI=1S/C12H11IO/c1-14-11-8-7-10(13)12(11)9-5-3-2-4-6-9/h2-8,11H,1H3. The molecule has 0 amide bonds. The molecule has 1 nitrogen and oxygen atoms in total. The molecule has 0 saturated carbocycles. The number of methoxy groups -OCH3 is 1. The summed E-state index contributed by atoms with van der Waals surface area (Å²) >= 11 is 2.35. The maximum atomic E-state index is 5.40. The number of halogens is 1. The SMILES string of the molecule is COC1C=CC(I)=C1c1ccccc1. The summed E-state index contributed by atoms with van der Waals surface area (Å²) in [4.78, 5) is 0. The van der Waals surface area contributed by atoms with E-state index in [-0.39, 0.29) is 6.10 Å². The first-order valence-electron chi connectivity index (χ1n) is 4.49. The molecule has 14 heavy (non-hydrogen) atoms. The predicted octanol–water partition coefficient (Wildman–Crippen LogP) is 3.42. The average molecular weight is 298 g/mol. The second kappa shape index (κ2) is 4.28. The third-order valence-electron chi connectivity index (χ3n) is 2.30. The quantitative estimate of drug-likeness (QED) is 0.760. The molecule has 72 valence electrons. The molecular weight excluding hydrogens is 287 g/mol. The second-order valence-electron chi connectivity index (χ2n) is 3.14. The second-order valence-corrected chi connectivity index (χ2v) is 4.31. The Balaban J connectivity index is 2.40. The highest BCUT2D eigenvalue weighted by atomic mass is 127. The van der Waals surface area contributed by atoms with Gasteiger partial charge in [0.1, 0.15) is 6.10 Å². The van der Waals surface area contributed by atoms with Gasteiger partial charge in [-0.3, -0.25) is 0 Å². The minimum Gasteiger partial charge on any atom is -0.373 e.